The van der Waals surface area contributed by atoms with Crippen LogP contribution in [0.15, 0.2) is 0 Å². The van der Waals surface area contributed by atoms with E-state index in [0.29, 0.717) is 13.0 Å². The summed E-state index contributed by atoms with van der Waals surface area (Å²) in [7, 11) is 0. The number of hydrogen-bond acceptors (Lipinski definition) is 3. The van der Waals surface area contributed by atoms with Crippen LogP contribution in [-0.4, -0.2) is 36.4 Å². The third kappa shape index (κ3) is 3.32. The fourth-order valence-electron chi connectivity index (χ4n) is 1.39. The highest BCUT2D eigenvalue weighted by Gasteiger charge is 2.24. The number of aliphatic hydroxyl groups excluding tert-OH is 1. The first kappa shape index (κ1) is 10.5. The lowest BCUT2D eigenvalue weighted by atomic mass is 10.2. The monoisotopic (exact) mass is 187 g/mol. The highest BCUT2D eigenvalue weighted by molar-refractivity contribution is 5.81. The first-order chi connectivity index (χ1) is 6.24. The first-order valence-corrected chi connectivity index (χ1v) is 4.77. The van der Waals surface area contributed by atoms with Gasteiger partial charge in [0.2, 0.25) is 5.91 Å². The van der Waals surface area contributed by atoms with Gasteiger partial charge in [-0.05, 0) is 26.2 Å². The molecule has 0 spiro atoms. The molecule has 76 valence electrons. The fraction of sp³-hybridized carbons (Fsp3) is 0.889. The van der Waals surface area contributed by atoms with Crippen molar-refractivity contribution in [2.75, 3.05) is 13.2 Å². The third-order valence-corrected chi connectivity index (χ3v) is 2.17. The Morgan fingerprint density at radius 3 is 3.08 bits per heavy atom. The Bertz CT molecular complexity index is 166. The maximum atomic E-state index is 11.4. The van der Waals surface area contributed by atoms with Gasteiger partial charge in [0.25, 0.3) is 0 Å². The molecule has 0 aromatic carbocycles. The van der Waals surface area contributed by atoms with Gasteiger partial charge in [-0.15, -0.1) is 0 Å². The number of carbonyl (C=O) groups is 1. The van der Waals surface area contributed by atoms with E-state index >= 15 is 0 Å². The molecule has 2 N–H and O–H groups in total. The maximum Gasteiger partial charge on any atom is 0.249 e. The zero-order chi connectivity index (χ0) is 9.68. The van der Waals surface area contributed by atoms with Gasteiger partial charge >= 0.3 is 0 Å². The number of amides is 1. The second-order valence-corrected chi connectivity index (χ2v) is 3.42. The topological polar surface area (TPSA) is 58.6 Å². The van der Waals surface area contributed by atoms with Crippen LogP contribution < -0.4 is 5.32 Å². The van der Waals surface area contributed by atoms with Crippen LogP contribution in [0.3, 0.4) is 0 Å². The van der Waals surface area contributed by atoms with Crippen LogP contribution in [0.1, 0.15) is 26.2 Å². The van der Waals surface area contributed by atoms with Crippen molar-refractivity contribution in [1.82, 2.24) is 5.32 Å². The molecule has 0 aromatic heterocycles. The largest absolute Gasteiger partial charge is 0.396 e. The molecule has 0 aromatic rings. The zero-order valence-corrected chi connectivity index (χ0v) is 7.95. The summed E-state index contributed by atoms with van der Waals surface area (Å²) in [6.07, 6.45) is 2.11. The van der Waals surface area contributed by atoms with E-state index in [0.717, 1.165) is 12.8 Å². The molecular formula is C9H17NO3. The molecule has 4 nitrogen and oxygen atoms in total. The van der Waals surface area contributed by atoms with Gasteiger partial charge in [-0.25, -0.2) is 0 Å². The lowest BCUT2D eigenvalue weighted by molar-refractivity contribution is -0.130. The molecule has 13 heavy (non-hydrogen) atoms. The zero-order valence-electron chi connectivity index (χ0n) is 7.95. The molecule has 1 unspecified atom stereocenters. The lowest BCUT2D eigenvalue weighted by Crippen LogP contribution is -2.40. The van der Waals surface area contributed by atoms with Crippen LogP contribution in [0.5, 0.6) is 0 Å². The molecule has 4 heteroatoms. The molecule has 0 bridgehead atoms. The van der Waals surface area contributed by atoms with Crippen molar-refractivity contribution >= 4 is 5.91 Å². The van der Waals surface area contributed by atoms with Gasteiger partial charge in [-0.2, -0.15) is 0 Å². The van der Waals surface area contributed by atoms with Crippen molar-refractivity contribution in [2.45, 2.75) is 38.3 Å². The lowest BCUT2D eigenvalue weighted by Gasteiger charge is -2.15. The van der Waals surface area contributed by atoms with Crippen LogP contribution in [-0.2, 0) is 9.53 Å². The third-order valence-electron chi connectivity index (χ3n) is 2.17. The van der Waals surface area contributed by atoms with Crippen molar-refractivity contribution in [1.29, 1.82) is 0 Å². The predicted octanol–water partition coefficient (Wildman–Crippen LogP) is 0.0525. The van der Waals surface area contributed by atoms with Crippen molar-refractivity contribution in [3.63, 3.8) is 0 Å². The molecule has 2 atom stereocenters. The summed E-state index contributed by atoms with van der Waals surface area (Å²) < 4.78 is 5.22. The van der Waals surface area contributed by atoms with Crippen molar-refractivity contribution in [3.8, 4) is 0 Å². The highest BCUT2D eigenvalue weighted by atomic mass is 16.5. The van der Waals surface area contributed by atoms with Crippen molar-refractivity contribution < 1.29 is 14.6 Å². The Morgan fingerprint density at radius 2 is 2.54 bits per heavy atom. The molecule has 0 saturated carbocycles. The molecular weight excluding hydrogens is 170 g/mol. The summed E-state index contributed by atoms with van der Waals surface area (Å²) in [5.41, 5.74) is 0. The first-order valence-electron chi connectivity index (χ1n) is 4.77. The summed E-state index contributed by atoms with van der Waals surface area (Å²) >= 11 is 0. The number of rotatable bonds is 4. The van der Waals surface area contributed by atoms with Crippen molar-refractivity contribution in [3.05, 3.63) is 0 Å². The van der Waals surface area contributed by atoms with E-state index in [-0.39, 0.29) is 24.7 Å². The highest BCUT2D eigenvalue weighted by Crippen LogP contribution is 2.11. The van der Waals surface area contributed by atoms with E-state index in [1.807, 2.05) is 6.92 Å². The fourth-order valence-corrected chi connectivity index (χ4v) is 1.39. The minimum absolute atomic E-state index is 0.0294. The van der Waals surface area contributed by atoms with Gasteiger partial charge in [0.15, 0.2) is 0 Å². The summed E-state index contributed by atoms with van der Waals surface area (Å²) in [6, 6.07) is 0.0294. The minimum atomic E-state index is -0.263. The Balaban J connectivity index is 2.23. The Morgan fingerprint density at radius 1 is 1.77 bits per heavy atom. The van der Waals surface area contributed by atoms with E-state index in [1.165, 1.54) is 0 Å². The number of aliphatic hydroxyl groups is 1. The predicted molar refractivity (Wildman–Crippen MR) is 48.3 cm³/mol. The smallest absolute Gasteiger partial charge is 0.249 e. The SMILES string of the molecule is CC(CCO)NC(=O)[C@@H]1CCCO1. The average Bonchev–Trinajstić information content (AvgIpc) is 2.55. The van der Waals surface area contributed by atoms with Crippen LogP contribution in [0.4, 0.5) is 0 Å². The second kappa shape index (κ2) is 5.19. The molecule has 0 aliphatic carbocycles. The van der Waals surface area contributed by atoms with Gasteiger partial charge < -0.3 is 15.2 Å². The molecule has 0 radical (unpaired) electrons. The number of hydrogen-bond donors (Lipinski definition) is 2. The Labute approximate surface area is 78.3 Å². The van der Waals surface area contributed by atoms with Crippen molar-refractivity contribution in [2.24, 2.45) is 0 Å². The summed E-state index contributed by atoms with van der Waals surface area (Å²) in [6.45, 7) is 2.67. The second-order valence-electron chi connectivity index (χ2n) is 3.42. The van der Waals surface area contributed by atoms with Gasteiger partial charge in [-0.1, -0.05) is 0 Å². The maximum absolute atomic E-state index is 11.4. The number of carbonyl (C=O) groups excluding carboxylic acids is 1. The van der Waals surface area contributed by atoms with Crippen LogP contribution >= 0.6 is 0 Å². The molecule has 1 heterocycles. The summed E-state index contributed by atoms with van der Waals surface area (Å²) in [5, 5.41) is 11.4. The Kier molecular flexibility index (Phi) is 4.18. The van der Waals surface area contributed by atoms with E-state index in [1.54, 1.807) is 0 Å². The van der Waals surface area contributed by atoms with Gasteiger partial charge in [0, 0.05) is 19.3 Å². The van der Waals surface area contributed by atoms with Crippen LogP contribution in [0, 0.1) is 0 Å². The number of ether oxygens (including phenoxy) is 1. The molecule has 1 aliphatic rings. The molecule has 1 aliphatic heterocycles. The van der Waals surface area contributed by atoms with Gasteiger partial charge in [0.05, 0.1) is 0 Å². The van der Waals surface area contributed by atoms with E-state index in [2.05, 4.69) is 5.32 Å². The molecule has 1 fully saturated rings. The standard InChI is InChI=1S/C9H17NO3/c1-7(4-5-11)10-9(12)8-3-2-6-13-8/h7-8,11H,2-6H2,1H3,(H,10,12)/t7?,8-/m0/s1. The summed E-state index contributed by atoms with van der Waals surface area (Å²) in [4.78, 5) is 11.4. The molecule has 1 rings (SSSR count). The average molecular weight is 187 g/mol. The quantitative estimate of drug-likeness (QED) is 0.654. The Hall–Kier alpha value is -0.610. The van der Waals surface area contributed by atoms with Crippen LogP contribution in [0.25, 0.3) is 0 Å². The minimum Gasteiger partial charge on any atom is -0.396 e. The van der Waals surface area contributed by atoms with E-state index in [9.17, 15) is 4.79 Å². The summed E-state index contributed by atoms with van der Waals surface area (Å²) in [5.74, 6) is -0.0431. The van der Waals surface area contributed by atoms with Gasteiger partial charge in [0.1, 0.15) is 6.10 Å². The van der Waals surface area contributed by atoms with E-state index < -0.39 is 0 Å². The van der Waals surface area contributed by atoms with Crippen LogP contribution in [0.2, 0.25) is 0 Å². The van der Waals surface area contributed by atoms with Gasteiger partial charge in [-0.3, -0.25) is 4.79 Å². The molecule has 1 saturated heterocycles. The normalized spacial score (nSPS) is 24.3. The molecule has 1 amide bonds. The van der Waals surface area contributed by atoms with E-state index in [4.69, 9.17) is 9.84 Å². The number of nitrogens with one attached hydrogen (secondary N) is 1.